The smallest absolute Gasteiger partial charge is 0.331 e. The summed E-state index contributed by atoms with van der Waals surface area (Å²) >= 11 is 0. The third-order valence-electron chi connectivity index (χ3n) is 5.59. The summed E-state index contributed by atoms with van der Waals surface area (Å²) in [5.74, 6) is 0.568. The molecule has 4 heterocycles. The lowest BCUT2D eigenvalue weighted by Gasteiger charge is -2.13. The molecule has 1 atom stereocenters. The summed E-state index contributed by atoms with van der Waals surface area (Å²) in [5.41, 5.74) is -1.74. The minimum Gasteiger partial charge on any atom is -0.332 e. The summed E-state index contributed by atoms with van der Waals surface area (Å²) in [5, 5.41) is 3.95. The molecule has 0 spiro atoms. The van der Waals surface area contributed by atoms with E-state index in [1.54, 1.807) is 18.3 Å². The fraction of sp³-hybridized carbons (Fsp3) is 0.435. The SMILES string of the molecule is CCCCn1c(=O)n(CCCCc2noc(-c3ccccn3)n2)c(=O)c2nc(C(C)F)[nH]c(=O)c21. The Bertz CT molecular complexity index is 1490. The standard InChI is InChI=1S/C23H26FN7O4/c1-3-4-12-30-18-17(27-19(14(2)24)28-20(18)32)22(33)31(23(30)34)13-8-6-10-16-26-21(35-29-16)15-9-5-7-11-25-15/h5,7,9,11,14H,3-4,6,8,10,12-13H2,1-2H3,(H,27,28,32). The topological polar surface area (TPSA) is 142 Å². The first-order valence-electron chi connectivity index (χ1n) is 11.6. The molecule has 0 radical (unpaired) electrons. The molecule has 0 amide bonds. The molecule has 0 bridgehead atoms. The van der Waals surface area contributed by atoms with Gasteiger partial charge >= 0.3 is 5.69 Å². The number of aromatic amines is 1. The molecular weight excluding hydrogens is 457 g/mol. The van der Waals surface area contributed by atoms with Gasteiger partial charge in [-0.1, -0.05) is 24.6 Å². The first-order chi connectivity index (χ1) is 16.9. The van der Waals surface area contributed by atoms with Gasteiger partial charge in [0.25, 0.3) is 17.0 Å². The Morgan fingerprint density at radius 1 is 1.09 bits per heavy atom. The van der Waals surface area contributed by atoms with Gasteiger partial charge in [0, 0.05) is 25.7 Å². The van der Waals surface area contributed by atoms with Crippen molar-refractivity contribution < 1.29 is 8.91 Å². The van der Waals surface area contributed by atoms with E-state index in [0.717, 1.165) is 11.0 Å². The molecule has 4 aromatic heterocycles. The summed E-state index contributed by atoms with van der Waals surface area (Å²) in [6.45, 7) is 3.53. The Hall–Kier alpha value is -3.96. The van der Waals surface area contributed by atoms with Gasteiger partial charge in [-0.05, 0) is 38.3 Å². The number of H-pyrrole nitrogens is 1. The zero-order valence-corrected chi connectivity index (χ0v) is 19.5. The quantitative estimate of drug-likeness (QED) is 0.339. The number of unbranched alkanes of at least 4 members (excludes halogenated alkanes) is 2. The highest BCUT2D eigenvalue weighted by Crippen LogP contribution is 2.14. The molecule has 0 saturated heterocycles. The van der Waals surface area contributed by atoms with Crippen LogP contribution in [-0.4, -0.2) is 34.2 Å². The number of fused-ring (bicyclic) bond motifs is 1. The Kier molecular flexibility index (Phi) is 7.28. The average molecular weight is 484 g/mol. The Labute approximate surface area is 198 Å². The van der Waals surface area contributed by atoms with Gasteiger partial charge in [-0.2, -0.15) is 4.98 Å². The third-order valence-corrected chi connectivity index (χ3v) is 5.59. The molecule has 12 heteroatoms. The van der Waals surface area contributed by atoms with Gasteiger partial charge in [0.15, 0.2) is 17.5 Å². The molecule has 0 aromatic carbocycles. The van der Waals surface area contributed by atoms with E-state index in [2.05, 4.69) is 25.1 Å². The number of pyridine rings is 1. The van der Waals surface area contributed by atoms with Crippen LogP contribution in [0.3, 0.4) is 0 Å². The molecule has 184 valence electrons. The predicted molar refractivity (Wildman–Crippen MR) is 126 cm³/mol. The maximum Gasteiger partial charge on any atom is 0.331 e. The minimum absolute atomic E-state index is 0.111. The van der Waals surface area contributed by atoms with E-state index >= 15 is 0 Å². The Morgan fingerprint density at radius 3 is 2.60 bits per heavy atom. The van der Waals surface area contributed by atoms with E-state index in [9.17, 15) is 18.8 Å². The summed E-state index contributed by atoms with van der Waals surface area (Å²) in [6, 6.07) is 5.37. The fourth-order valence-corrected chi connectivity index (χ4v) is 3.75. The number of hydrogen-bond donors (Lipinski definition) is 1. The van der Waals surface area contributed by atoms with Crippen LogP contribution < -0.4 is 16.8 Å². The fourth-order valence-electron chi connectivity index (χ4n) is 3.75. The van der Waals surface area contributed by atoms with Crippen molar-refractivity contribution in [3.63, 3.8) is 0 Å². The van der Waals surface area contributed by atoms with E-state index in [4.69, 9.17) is 4.52 Å². The molecule has 1 unspecified atom stereocenters. The summed E-state index contributed by atoms with van der Waals surface area (Å²) in [6.07, 6.45) is 3.00. The van der Waals surface area contributed by atoms with E-state index in [1.165, 1.54) is 11.5 Å². The summed E-state index contributed by atoms with van der Waals surface area (Å²) in [7, 11) is 0. The normalized spacial score (nSPS) is 12.3. The highest BCUT2D eigenvalue weighted by atomic mass is 19.1. The van der Waals surface area contributed by atoms with Crippen molar-refractivity contribution in [3.05, 3.63) is 67.2 Å². The second-order valence-electron chi connectivity index (χ2n) is 8.20. The molecule has 1 N–H and O–H groups in total. The van der Waals surface area contributed by atoms with Gasteiger partial charge in [0.2, 0.25) is 0 Å². The monoisotopic (exact) mass is 483 g/mol. The van der Waals surface area contributed by atoms with Gasteiger partial charge in [-0.15, -0.1) is 0 Å². The van der Waals surface area contributed by atoms with Gasteiger partial charge in [0.05, 0.1) is 0 Å². The maximum absolute atomic E-state index is 13.8. The highest BCUT2D eigenvalue weighted by Gasteiger charge is 2.19. The van der Waals surface area contributed by atoms with E-state index in [0.29, 0.717) is 43.1 Å². The van der Waals surface area contributed by atoms with Crippen LogP contribution in [0.15, 0.2) is 43.3 Å². The van der Waals surface area contributed by atoms with Crippen LogP contribution in [0.25, 0.3) is 22.6 Å². The zero-order chi connectivity index (χ0) is 24.9. The van der Waals surface area contributed by atoms with Crippen molar-refractivity contribution in [3.8, 4) is 11.6 Å². The summed E-state index contributed by atoms with van der Waals surface area (Å²) < 4.78 is 21.4. The zero-order valence-electron chi connectivity index (χ0n) is 19.5. The first-order valence-corrected chi connectivity index (χ1v) is 11.6. The molecule has 0 saturated carbocycles. The lowest BCUT2D eigenvalue weighted by molar-refractivity contribution is 0.356. The number of halogens is 1. The van der Waals surface area contributed by atoms with Crippen molar-refractivity contribution in [2.45, 2.75) is 65.2 Å². The van der Waals surface area contributed by atoms with Crippen LogP contribution >= 0.6 is 0 Å². The summed E-state index contributed by atoms with van der Waals surface area (Å²) in [4.78, 5) is 53.7. The Balaban J connectivity index is 1.57. The molecule has 35 heavy (non-hydrogen) atoms. The van der Waals surface area contributed by atoms with Crippen LogP contribution in [0, 0.1) is 0 Å². The minimum atomic E-state index is -1.57. The maximum atomic E-state index is 13.8. The number of aryl methyl sites for hydroxylation is 2. The predicted octanol–water partition coefficient (Wildman–Crippen LogP) is 2.54. The van der Waals surface area contributed by atoms with E-state index in [1.807, 2.05) is 13.0 Å². The lowest BCUT2D eigenvalue weighted by Crippen LogP contribution is -2.42. The van der Waals surface area contributed by atoms with E-state index < -0.39 is 23.0 Å². The van der Waals surface area contributed by atoms with Crippen LogP contribution in [0.1, 0.15) is 57.4 Å². The van der Waals surface area contributed by atoms with Gasteiger partial charge in [0.1, 0.15) is 17.0 Å². The molecule has 0 aliphatic rings. The number of hydrogen-bond acceptors (Lipinski definition) is 8. The molecule has 4 rings (SSSR count). The average Bonchev–Trinajstić information content (AvgIpc) is 3.33. The first kappa shape index (κ1) is 24.2. The second kappa shape index (κ2) is 10.5. The van der Waals surface area contributed by atoms with E-state index in [-0.39, 0.29) is 29.9 Å². The molecular formula is C23H26FN7O4. The Morgan fingerprint density at radius 2 is 1.89 bits per heavy atom. The molecule has 0 aliphatic heterocycles. The number of aromatic nitrogens is 7. The van der Waals surface area contributed by atoms with Crippen molar-refractivity contribution in [2.24, 2.45) is 0 Å². The third kappa shape index (κ3) is 5.10. The largest absolute Gasteiger partial charge is 0.332 e. The number of nitrogens with one attached hydrogen (secondary N) is 1. The van der Waals surface area contributed by atoms with Gasteiger partial charge in [-0.25, -0.2) is 14.2 Å². The van der Waals surface area contributed by atoms with Crippen LogP contribution in [-0.2, 0) is 19.5 Å². The molecule has 0 aliphatic carbocycles. The van der Waals surface area contributed by atoms with Gasteiger partial charge in [-0.3, -0.25) is 23.7 Å². The van der Waals surface area contributed by atoms with Gasteiger partial charge < -0.3 is 9.51 Å². The van der Waals surface area contributed by atoms with Crippen LogP contribution in [0.4, 0.5) is 4.39 Å². The number of rotatable bonds is 10. The number of alkyl halides is 1. The lowest BCUT2D eigenvalue weighted by atomic mass is 10.2. The van der Waals surface area contributed by atoms with Crippen molar-refractivity contribution in [1.82, 2.24) is 34.2 Å². The molecule has 4 aromatic rings. The van der Waals surface area contributed by atoms with Crippen LogP contribution in [0.5, 0.6) is 0 Å². The van der Waals surface area contributed by atoms with Crippen molar-refractivity contribution in [2.75, 3.05) is 0 Å². The highest BCUT2D eigenvalue weighted by molar-refractivity contribution is 5.72. The second-order valence-corrected chi connectivity index (χ2v) is 8.20. The van der Waals surface area contributed by atoms with Crippen LogP contribution in [0.2, 0.25) is 0 Å². The number of nitrogens with zero attached hydrogens (tertiary/aromatic N) is 6. The molecule has 0 fully saturated rings. The molecule has 11 nitrogen and oxygen atoms in total. The van der Waals surface area contributed by atoms with Crippen molar-refractivity contribution >= 4 is 11.0 Å². The van der Waals surface area contributed by atoms with Crippen molar-refractivity contribution in [1.29, 1.82) is 0 Å².